The number of likely N-dealkylation sites (tertiary alicyclic amines) is 1. The molecule has 0 amide bonds. The van der Waals surface area contributed by atoms with Crippen LogP contribution < -0.4 is 5.73 Å². The van der Waals surface area contributed by atoms with Crippen LogP contribution in [-0.4, -0.2) is 29.7 Å². The molecule has 1 aliphatic heterocycles. The van der Waals surface area contributed by atoms with E-state index in [4.69, 9.17) is 5.73 Å². The molecule has 2 rings (SSSR count). The molecule has 1 aromatic carbocycles. The summed E-state index contributed by atoms with van der Waals surface area (Å²) in [7, 11) is 0. The Balaban J connectivity index is 2.07. The van der Waals surface area contributed by atoms with Crippen LogP contribution in [0, 0.1) is 5.92 Å². The normalized spacial score (nSPS) is 29.7. The average molecular weight is 258 g/mol. The number of benzene rings is 1. The van der Waals surface area contributed by atoms with E-state index in [9.17, 15) is 13.2 Å². The zero-order chi connectivity index (χ0) is 13.4. The van der Waals surface area contributed by atoms with Crippen LogP contribution in [-0.2, 0) is 6.54 Å². The van der Waals surface area contributed by atoms with E-state index in [2.05, 4.69) is 0 Å². The van der Waals surface area contributed by atoms with Crippen molar-refractivity contribution >= 4 is 0 Å². The molecule has 1 aromatic rings. The van der Waals surface area contributed by atoms with E-state index in [1.165, 1.54) is 6.92 Å². The van der Waals surface area contributed by atoms with Gasteiger partial charge < -0.3 is 5.73 Å². The first-order valence-corrected chi connectivity index (χ1v) is 5.91. The van der Waals surface area contributed by atoms with Gasteiger partial charge in [0.25, 0.3) is 0 Å². The number of alkyl halides is 3. The highest BCUT2D eigenvalue weighted by atomic mass is 19.4. The molecular weight excluding hydrogens is 241 g/mol. The maximum absolute atomic E-state index is 12.9. The van der Waals surface area contributed by atoms with Crippen LogP contribution in [0.4, 0.5) is 13.2 Å². The second kappa shape index (κ2) is 4.55. The molecule has 18 heavy (non-hydrogen) atoms. The third kappa shape index (κ3) is 2.84. The van der Waals surface area contributed by atoms with Gasteiger partial charge in [-0.15, -0.1) is 0 Å². The first kappa shape index (κ1) is 13.4. The highest BCUT2D eigenvalue weighted by Crippen LogP contribution is 2.38. The Morgan fingerprint density at radius 3 is 2.44 bits per heavy atom. The number of nitrogens with zero attached hydrogens (tertiary/aromatic N) is 1. The Kier molecular flexibility index (Phi) is 3.38. The van der Waals surface area contributed by atoms with Gasteiger partial charge in [-0.05, 0) is 12.5 Å². The van der Waals surface area contributed by atoms with Crippen molar-refractivity contribution in [3.8, 4) is 0 Å². The van der Waals surface area contributed by atoms with Gasteiger partial charge in [-0.3, -0.25) is 4.90 Å². The predicted molar refractivity (Wildman–Crippen MR) is 63.9 cm³/mol. The van der Waals surface area contributed by atoms with Crippen LogP contribution in [0.2, 0.25) is 0 Å². The van der Waals surface area contributed by atoms with Crippen LogP contribution in [0.5, 0.6) is 0 Å². The number of hydrogen-bond acceptors (Lipinski definition) is 2. The molecule has 1 fully saturated rings. The van der Waals surface area contributed by atoms with Crippen molar-refractivity contribution in [3.63, 3.8) is 0 Å². The summed E-state index contributed by atoms with van der Waals surface area (Å²) >= 11 is 0. The third-order valence-electron chi connectivity index (χ3n) is 3.45. The van der Waals surface area contributed by atoms with Gasteiger partial charge in [0.05, 0.1) is 5.92 Å². The van der Waals surface area contributed by atoms with Crippen LogP contribution >= 0.6 is 0 Å². The molecule has 5 heteroatoms. The lowest BCUT2D eigenvalue weighted by atomic mass is 9.90. The molecule has 0 unspecified atom stereocenters. The van der Waals surface area contributed by atoms with Crippen molar-refractivity contribution < 1.29 is 13.2 Å². The molecule has 0 radical (unpaired) electrons. The van der Waals surface area contributed by atoms with E-state index in [1.54, 1.807) is 4.90 Å². The lowest BCUT2D eigenvalue weighted by molar-refractivity contribution is -0.181. The largest absolute Gasteiger partial charge is 0.394 e. The second-order valence-electron chi connectivity index (χ2n) is 5.26. The van der Waals surface area contributed by atoms with Gasteiger partial charge in [0.15, 0.2) is 0 Å². The molecule has 0 spiro atoms. The summed E-state index contributed by atoms with van der Waals surface area (Å²) in [6.45, 7) is 2.24. The van der Waals surface area contributed by atoms with E-state index in [0.717, 1.165) is 5.56 Å². The minimum atomic E-state index is -4.23. The standard InChI is InChI=1S/C13H17F3N2/c1-12(17)9-18(8-11(12)13(14,15)16)7-10-5-3-2-4-6-10/h2-6,11H,7-9,17H2,1H3/t11-,12-/m1/s1. The molecule has 1 heterocycles. The van der Waals surface area contributed by atoms with Gasteiger partial charge in [0.2, 0.25) is 0 Å². The fraction of sp³-hybridized carbons (Fsp3) is 0.538. The number of nitrogens with two attached hydrogens (primary N) is 1. The Labute approximate surface area is 105 Å². The van der Waals surface area contributed by atoms with E-state index in [-0.39, 0.29) is 13.1 Å². The fourth-order valence-corrected chi connectivity index (χ4v) is 2.56. The number of halogens is 3. The van der Waals surface area contributed by atoms with Crippen LogP contribution in [0.25, 0.3) is 0 Å². The Morgan fingerprint density at radius 1 is 1.33 bits per heavy atom. The molecule has 0 saturated carbocycles. The summed E-state index contributed by atoms with van der Waals surface area (Å²) in [5.41, 5.74) is 5.60. The Morgan fingerprint density at radius 2 is 1.94 bits per heavy atom. The summed E-state index contributed by atoms with van der Waals surface area (Å²) in [5, 5.41) is 0. The van der Waals surface area contributed by atoms with Gasteiger partial charge in [-0.2, -0.15) is 13.2 Å². The van der Waals surface area contributed by atoms with Crippen molar-refractivity contribution in [1.82, 2.24) is 4.90 Å². The van der Waals surface area contributed by atoms with Gasteiger partial charge in [0, 0.05) is 25.2 Å². The minimum absolute atomic E-state index is 0.0224. The van der Waals surface area contributed by atoms with Gasteiger partial charge in [-0.1, -0.05) is 30.3 Å². The van der Waals surface area contributed by atoms with Crippen molar-refractivity contribution in [3.05, 3.63) is 35.9 Å². The minimum Gasteiger partial charge on any atom is -0.324 e. The Bertz CT molecular complexity index is 400. The first-order chi connectivity index (χ1) is 8.29. The highest BCUT2D eigenvalue weighted by molar-refractivity contribution is 5.15. The molecule has 0 aromatic heterocycles. The maximum Gasteiger partial charge on any atom is 0.394 e. The molecule has 0 bridgehead atoms. The van der Waals surface area contributed by atoms with Crippen LogP contribution in [0.1, 0.15) is 12.5 Å². The second-order valence-corrected chi connectivity index (χ2v) is 5.26. The van der Waals surface area contributed by atoms with Gasteiger partial charge >= 0.3 is 6.18 Å². The first-order valence-electron chi connectivity index (χ1n) is 5.91. The molecule has 100 valence electrons. The van der Waals surface area contributed by atoms with E-state index in [1.807, 2.05) is 30.3 Å². The molecule has 1 aliphatic rings. The fourth-order valence-electron chi connectivity index (χ4n) is 2.56. The monoisotopic (exact) mass is 258 g/mol. The van der Waals surface area contributed by atoms with E-state index in [0.29, 0.717) is 6.54 Å². The lowest BCUT2D eigenvalue weighted by Crippen LogP contribution is -2.50. The summed E-state index contributed by atoms with van der Waals surface area (Å²) in [4.78, 5) is 1.77. The highest BCUT2D eigenvalue weighted by Gasteiger charge is 2.54. The average Bonchev–Trinajstić information content (AvgIpc) is 2.54. The molecule has 2 N–H and O–H groups in total. The molecule has 0 aliphatic carbocycles. The van der Waals surface area contributed by atoms with Crippen molar-refractivity contribution in [2.45, 2.75) is 25.2 Å². The summed E-state index contributed by atoms with van der Waals surface area (Å²) in [6.07, 6.45) is -4.23. The van der Waals surface area contributed by atoms with E-state index < -0.39 is 17.6 Å². The number of hydrogen-bond donors (Lipinski definition) is 1. The molecule has 2 atom stereocenters. The van der Waals surface area contributed by atoms with Crippen molar-refractivity contribution in [2.24, 2.45) is 11.7 Å². The number of rotatable bonds is 2. The predicted octanol–water partition coefficient (Wildman–Crippen LogP) is 2.40. The molecule has 2 nitrogen and oxygen atoms in total. The van der Waals surface area contributed by atoms with Gasteiger partial charge in [-0.25, -0.2) is 0 Å². The smallest absolute Gasteiger partial charge is 0.324 e. The third-order valence-corrected chi connectivity index (χ3v) is 3.45. The van der Waals surface area contributed by atoms with Crippen molar-refractivity contribution in [2.75, 3.05) is 13.1 Å². The van der Waals surface area contributed by atoms with Crippen LogP contribution in [0.3, 0.4) is 0 Å². The van der Waals surface area contributed by atoms with E-state index >= 15 is 0 Å². The van der Waals surface area contributed by atoms with Gasteiger partial charge in [0.1, 0.15) is 0 Å². The summed E-state index contributed by atoms with van der Waals surface area (Å²) in [6, 6.07) is 9.48. The lowest BCUT2D eigenvalue weighted by Gasteiger charge is -2.27. The topological polar surface area (TPSA) is 29.3 Å². The summed E-state index contributed by atoms with van der Waals surface area (Å²) < 4.78 is 38.6. The van der Waals surface area contributed by atoms with Crippen LogP contribution in [0.15, 0.2) is 30.3 Å². The quantitative estimate of drug-likeness (QED) is 0.882. The zero-order valence-electron chi connectivity index (χ0n) is 10.2. The molecule has 1 saturated heterocycles. The zero-order valence-corrected chi connectivity index (χ0v) is 10.2. The maximum atomic E-state index is 12.9. The summed E-state index contributed by atoms with van der Waals surface area (Å²) in [5.74, 6) is -1.45. The Hall–Kier alpha value is -1.07. The van der Waals surface area contributed by atoms with Crippen molar-refractivity contribution in [1.29, 1.82) is 0 Å². The molecular formula is C13H17F3N2. The SMILES string of the molecule is C[C@@]1(N)CN(Cc2ccccc2)C[C@H]1C(F)(F)F.